The number of unbranched alkanes of at least 4 members (excludes halogenated alkanes) is 34. The summed E-state index contributed by atoms with van der Waals surface area (Å²) in [5.41, 5.74) is 0. The smallest absolute Gasteiger partial charge is 0.462 e. The fourth-order valence-electron chi connectivity index (χ4n) is 10.3. The molecule has 0 rings (SSSR count). The number of esters is 4. The summed E-state index contributed by atoms with van der Waals surface area (Å²) in [7, 11) is -9.90. The number of hydrogen-bond acceptors (Lipinski definition) is 15. The van der Waals surface area contributed by atoms with Crippen LogP contribution in [0.3, 0.4) is 0 Å². The van der Waals surface area contributed by atoms with Crippen molar-refractivity contribution in [3.05, 3.63) is 0 Å². The van der Waals surface area contributed by atoms with Gasteiger partial charge in [-0.15, -0.1) is 0 Å². The Balaban J connectivity index is 5.21. The van der Waals surface area contributed by atoms with Crippen LogP contribution in [-0.2, 0) is 65.4 Å². The van der Waals surface area contributed by atoms with Crippen LogP contribution in [0, 0.1) is 17.8 Å². The molecule has 0 heterocycles. The third kappa shape index (κ3) is 61.6. The summed E-state index contributed by atoms with van der Waals surface area (Å²) < 4.78 is 68.2. The number of rotatable bonds is 67. The van der Waals surface area contributed by atoms with Crippen molar-refractivity contribution in [3.8, 4) is 0 Å². The second-order valence-electron chi connectivity index (χ2n) is 26.1. The highest BCUT2D eigenvalue weighted by molar-refractivity contribution is 7.47. The summed E-state index contributed by atoms with van der Waals surface area (Å²) in [6, 6.07) is 0. The minimum absolute atomic E-state index is 0.102. The first-order valence-corrected chi connectivity index (χ1v) is 38.9. The van der Waals surface area contributed by atoms with Gasteiger partial charge in [-0.05, 0) is 43.4 Å². The van der Waals surface area contributed by atoms with Gasteiger partial charge in [-0.2, -0.15) is 0 Å². The highest BCUT2D eigenvalue weighted by atomic mass is 31.2. The summed E-state index contributed by atoms with van der Waals surface area (Å²) in [6.07, 6.45) is 43.4. The Morgan fingerprint density at radius 2 is 0.580 bits per heavy atom. The molecule has 0 aromatic heterocycles. The van der Waals surface area contributed by atoms with E-state index in [2.05, 4.69) is 48.5 Å². The SMILES string of the molecule is CCCCCCCCCCCCCCCCCCCCC(=O)O[C@H](COC(=O)CCCCCCCCCCC(C)C)COP(=O)(O)OC[C@@H](O)COP(=O)(O)OC[C@@H](COC(=O)CCCCCCCCC(C)C)OC(=O)CCCCCCCCC(C)CC. The quantitative estimate of drug-likeness (QED) is 0.0222. The molecule has 0 aromatic rings. The van der Waals surface area contributed by atoms with Crippen molar-refractivity contribution in [3.63, 3.8) is 0 Å². The molecule has 0 radical (unpaired) electrons. The first kappa shape index (κ1) is 86.1. The van der Waals surface area contributed by atoms with Gasteiger partial charge in [-0.3, -0.25) is 37.3 Å². The molecule has 19 heteroatoms. The summed E-state index contributed by atoms with van der Waals surface area (Å²) >= 11 is 0. The van der Waals surface area contributed by atoms with Crippen LogP contribution in [0.15, 0.2) is 0 Å². The molecule has 522 valence electrons. The van der Waals surface area contributed by atoms with Gasteiger partial charge in [0.2, 0.25) is 0 Å². The highest BCUT2D eigenvalue weighted by Gasteiger charge is 2.30. The monoisotopic (exact) mass is 1300 g/mol. The van der Waals surface area contributed by atoms with Crippen molar-refractivity contribution in [2.45, 2.75) is 362 Å². The summed E-state index contributed by atoms with van der Waals surface area (Å²) in [5.74, 6) is -0.00789. The lowest BCUT2D eigenvalue weighted by atomic mass is 10.00. The number of hydrogen-bond donors (Lipinski definition) is 3. The van der Waals surface area contributed by atoms with Gasteiger partial charge in [-0.25, -0.2) is 9.13 Å². The Labute approximate surface area is 537 Å². The maximum atomic E-state index is 13.0. The number of phosphoric acid groups is 2. The number of carbonyl (C=O) groups is 4. The van der Waals surface area contributed by atoms with Crippen molar-refractivity contribution in [2.24, 2.45) is 17.8 Å². The zero-order chi connectivity index (χ0) is 65.2. The Kier molecular flexibility index (Phi) is 58.7. The van der Waals surface area contributed by atoms with Gasteiger partial charge in [0.15, 0.2) is 12.2 Å². The van der Waals surface area contributed by atoms with Crippen LogP contribution in [0.1, 0.15) is 344 Å². The fraction of sp³-hybridized carbons (Fsp3) is 0.942. The molecular formula is C69H134O17P2. The van der Waals surface area contributed by atoms with Crippen LogP contribution in [0.25, 0.3) is 0 Å². The second kappa shape index (κ2) is 60.0. The molecule has 0 aliphatic heterocycles. The molecule has 3 unspecified atom stereocenters. The largest absolute Gasteiger partial charge is 0.472 e. The molecule has 88 heavy (non-hydrogen) atoms. The van der Waals surface area contributed by atoms with E-state index >= 15 is 0 Å². The average molecular weight is 1300 g/mol. The molecule has 17 nitrogen and oxygen atoms in total. The van der Waals surface area contributed by atoms with E-state index in [1.807, 2.05) is 0 Å². The number of phosphoric ester groups is 2. The van der Waals surface area contributed by atoms with Gasteiger partial charge in [0.1, 0.15) is 19.3 Å². The van der Waals surface area contributed by atoms with Crippen LogP contribution >= 0.6 is 15.6 Å². The van der Waals surface area contributed by atoms with Crippen molar-refractivity contribution in [1.82, 2.24) is 0 Å². The average Bonchev–Trinajstić information content (AvgIpc) is 3.57. The topological polar surface area (TPSA) is 237 Å². The maximum absolute atomic E-state index is 13.0. The third-order valence-corrected chi connectivity index (χ3v) is 18.1. The normalized spacial score (nSPS) is 14.5. The van der Waals surface area contributed by atoms with E-state index in [4.69, 9.17) is 37.0 Å². The Morgan fingerprint density at radius 1 is 0.330 bits per heavy atom. The van der Waals surface area contributed by atoms with Crippen LogP contribution in [0.4, 0.5) is 0 Å². The first-order chi connectivity index (χ1) is 42.3. The second-order valence-corrected chi connectivity index (χ2v) is 29.0. The zero-order valence-electron chi connectivity index (χ0n) is 57.2. The minimum Gasteiger partial charge on any atom is -0.462 e. The van der Waals surface area contributed by atoms with Gasteiger partial charge < -0.3 is 33.8 Å². The first-order valence-electron chi connectivity index (χ1n) is 35.9. The molecule has 0 aromatic carbocycles. The molecule has 0 bridgehead atoms. The van der Waals surface area contributed by atoms with Gasteiger partial charge in [-0.1, -0.05) is 292 Å². The van der Waals surface area contributed by atoms with E-state index < -0.39 is 97.5 Å². The third-order valence-electron chi connectivity index (χ3n) is 16.2. The predicted molar refractivity (Wildman–Crippen MR) is 354 cm³/mol. The summed E-state index contributed by atoms with van der Waals surface area (Å²) in [4.78, 5) is 72.4. The van der Waals surface area contributed by atoms with Gasteiger partial charge >= 0.3 is 39.5 Å². The minimum atomic E-state index is -4.95. The molecule has 3 N–H and O–H groups in total. The van der Waals surface area contributed by atoms with E-state index in [9.17, 15) is 43.2 Å². The Morgan fingerprint density at radius 3 is 0.864 bits per heavy atom. The van der Waals surface area contributed by atoms with Crippen molar-refractivity contribution >= 4 is 39.5 Å². The Hall–Kier alpha value is -1.94. The van der Waals surface area contributed by atoms with E-state index in [1.165, 1.54) is 148 Å². The molecule has 0 spiro atoms. The predicted octanol–water partition coefficient (Wildman–Crippen LogP) is 19.5. The van der Waals surface area contributed by atoms with E-state index in [1.54, 1.807) is 0 Å². The molecule has 0 saturated carbocycles. The van der Waals surface area contributed by atoms with Gasteiger partial charge in [0, 0.05) is 25.7 Å². The lowest BCUT2D eigenvalue weighted by molar-refractivity contribution is -0.161. The van der Waals surface area contributed by atoms with Crippen LogP contribution in [0.2, 0.25) is 0 Å². The van der Waals surface area contributed by atoms with Crippen LogP contribution in [0.5, 0.6) is 0 Å². The number of carbonyl (C=O) groups excluding carboxylic acids is 4. The summed E-state index contributed by atoms with van der Waals surface area (Å²) in [6.45, 7) is 11.7. The van der Waals surface area contributed by atoms with Crippen molar-refractivity contribution < 1.29 is 80.2 Å². The molecule has 6 atom stereocenters. The standard InChI is InChI=1S/C69H134O17P2/c1-8-10-11-12-13-14-15-16-17-18-19-20-21-22-23-28-38-45-52-68(73)85-64(56-79-66(71)50-43-36-27-25-24-26-33-40-47-60(3)4)58-83-87(75,76)81-54-63(70)55-82-88(77,78)84-59-65(57-80-67(72)51-44-37-31-29-34-41-48-61(5)6)86-69(74)53-46-39-32-30-35-42-49-62(7)9-2/h60-65,70H,8-59H2,1-7H3,(H,75,76)(H,77,78)/t62?,63-,64-,65-/m1/s1. The maximum Gasteiger partial charge on any atom is 0.472 e. The molecular weight excluding hydrogens is 1160 g/mol. The molecule has 0 saturated heterocycles. The number of ether oxygens (including phenoxy) is 4. The molecule has 0 amide bonds. The molecule has 0 aliphatic rings. The van der Waals surface area contributed by atoms with E-state index in [-0.39, 0.29) is 25.7 Å². The van der Waals surface area contributed by atoms with Gasteiger partial charge in [0.05, 0.1) is 26.4 Å². The fourth-order valence-corrected chi connectivity index (χ4v) is 11.9. The van der Waals surface area contributed by atoms with Crippen LogP contribution in [-0.4, -0.2) is 96.7 Å². The van der Waals surface area contributed by atoms with Crippen molar-refractivity contribution in [1.29, 1.82) is 0 Å². The van der Waals surface area contributed by atoms with E-state index in [0.717, 1.165) is 108 Å². The lowest BCUT2D eigenvalue weighted by Crippen LogP contribution is -2.30. The zero-order valence-corrected chi connectivity index (χ0v) is 59.0. The van der Waals surface area contributed by atoms with Crippen molar-refractivity contribution in [2.75, 3.05) is 39.6 Å². The number of aliphatic hydroxyl groups is 1. The summed E-state index contributed by atoms with van der Waals surface area (Å²) in [5, 5.41) is 10.6. The molecule has 0 fully saturated rings. The number of aliphatic hydroxyl groups excluding tert-OH is 1. The molecule has 0 aliphatic carbocycles. The lowest BCUT2D eigenvalue weighted by Gasteiger charge is -2.21. The highest BCUT2D eigenvalue weighted by Crippen LogP contribution is 2.45. The van der Waals surface area contributed by atoms with Gasteiger partial charge in [0.25, 0.3) is 0 Å². The Bertz CT molecular complexity index is 1730. The van der Waals surface area contributed by atoms with Crippen LogP contribution < -0.4 is 0 Å². The van der Waals surface area contributed by atoms with E-state index in [0.29, 0.717) is 31.6 Å².